The Balaban J connectivity index is 1.60. The first-order chi connectivity index (χ1) is 15.7. The molecule has 33 heavy (non-hydrogen) atoms. The van der Waals surface area contributed by atoms with Gasteiger partial charge in [-0.25, -0.2) is 4.39 Å². The topological polar surface area (TPSA) is 74.2 Å². The molecule has 1 radical (unpaired) electrons. The van der Waals surface area contributed by atoms with Gasteiger partial charge in [-0.1, -0.05) is 45.0 Å². The predicted octanol–water partition coefficient (Wildman–Crippen LogP) is 4.47. The molecule has 4 rings (SSSR count). The molecule has 0 saturated carbocycles. The molecule has 2 aromatic carbocycles. The Labute approximate surface area is 195 Å². The minimum absolute atomic E-state index is 0.00863. The lowest BCUT2D eigenvalue weighted by Gasteiger charge is -2.38. The van der Waals surface area contributed by atoms with Crippen LogP contribution in [-0.4, -0.2) is 31.7 Å². The van der Waals surface area contributed by atoms with Crippen LogP contribution in [0.3, 0.4) is 0 Å². The molecular formula is C27H31FN3O2. The van der Waals surface area contributed by atoms with E-state index in [0.717, 1.165) is 29.2 Å². The number of hydrogen-bond donors (Lipinski definition) is 2. The molecule has 6 heteroatoms. The quantitative estimate of drug-likeness (QED) is 0.724. The number of hydrogen-bond acceptors (Lipinski definition) is 4. The minimum Gasteiger partial charge on any atom is -0.378 e. The summed E-state index contributed by atoms with van der Waals surface area (Å²) in [6.07, 6.45) is 1.95. The largest absolute Gasteiger partial charge is 0.378 e. The van der Waals surface area contributed by atoms with Gasteiger partial charge >= 0.3 is 0 Å². The van der Waals surface area contributed by atoms with Gasteiger partial charge in [-0.15, -0.1) is 0 Å². The summed E-state index contributed by atoms with van der Waals surface area (Å²) in [5, 5.41) is 16.6. The summed E-state index contributed by atoms with van der Waals surface area (Å²) in [5.41, 5.74) is 2.33. The second-order valence-corrected chi connectivity index (χ2v) is 10.1. The van der Waals surface area contributed by atoms with Crippen molar-refractivity contribution in [3.05, 3.63) is 65.3 Å². The fourth-order valence-electron chi connectivity index (χ4n) is 4.75. The fraction of sp³-hybridized carbons (Fsp3) is 0.444. The molecule has 0 aromatic heterocycles. The first-order valence-corrected chi connectivity index (χ1v) is 11.5. The smallest absolute Gasteiger partial charge is 0.228 e. The summed E-state index contributed by atoms with van der Waals surface area (Å²) in [7, 11) is 0. The number of carbonyl (C=O) groups excluding carboxylic acids is 1. The van der Waals surface area contributed by atoms with Crippen LogP contribution in [0.5, 0.6) is 0 Å². The van der Waals surface area contributed by atoms with Crippen LogP contribution in [0.25, 0.3) is 11.1 Å². The third-order valence-corrected chi connectivity index (χ3v) is 6.78. The lowest BCUT2D eigenvalue weighted by atomic mass is 9.79. The zero-order valence-electron chi connectivity index (χ0n) is 19.5. The summed E-state index contributed by atoms with van der Waals surface area (Å²) in [6.45, 7) is 8.25. The first-order valence-electron chi connectivity index (χ1n) is 11.5. The average Bonchev–Trinajstić information content (AvgIpc) is 3.28. The highest BCUT2D eigenvalue weighted by atomic mass is 19.1. The Morgan fingerprint density at radius 3 is 2.58 bits per heavy atom. The molecule has 0 spiro atoms. The maximum absolute atomic E-state index is 13.4. The van der Waals surface area contributed by atoms with E-state index in [1.165, 1.54) is 12.1 Å². The van der Waals surface area contributed by atoms with E-state index in [1.54, 1.807) is 12.1 Å². The normalized spacial score (nSPS) is 23.8. The number of nitriles is 1. The average molecular weight is 449 g/mol. The van der Waals surface area contributed by atoms with E-state index in [-0.39, 0.29) is 23.2 Å². The number of benzene rings is 2. The maximum Gasteiger partial charge on any atom is 0.228 e. The molecule has 5 nitrogen and oxygen atoms in total. The highest BCUT2D eigenvalue weighted by Crippen LogP contribution is 2.37. The molecule has 2 atom stereocenters. The highest BCUT2D eigenvalue weighted by molar-refractivity contribution is 5.91. The van der Waals surface area contributed by atoms with E-state index in [4.69, 9.17) is 4.74 Å². The molecular weight excluding hydrogens is 417 g/mol. The number of carbonyl (C=O) groups is 1. The van der Waals surface area contributed by atoms with Crippen molar-refractivity contribution in [1.82, 2.24) is 10.6 Å². The Bertz CT molecular complexity index is 1050. The van der Waals surface area contributed by atoms with Gasteiger partial charge in [0.2, 0.25) is 5.91 Å². The van der Waals surface area contributed by atoms with Crippen LogP contribution in [0.15, 0.2) is 42.5 Å². The summed E-state index contributed by atoms with van der Waals surface area (Å²) < 4.78 is 19.2. The lowest BCUT2D eigenvalue weighted by molar-refractivity contribution is -0.124. The van der Waals surface area contributed by atoms with Gasteiger partial charge in [-0.3, -0.25) is 4.79 Å². The third-order valence-electron chi connectivity index (χ3n) is 6.78. The van der Waals surface area contributed by atoms with E-state index >= 15 is 0 Å². The number of rotatable bonds is 4. The van der Waals surface area contributed by atoms with E-state index in [9.17, 15) is 14.4 Å². The number of nitrogens with one attached hydrogen (secondary N) is 2. The van der Waals surface area contributed by atoms with Gasteiger partial charge in [-0.05, 0) is 66.1 Å². The molecule has 2 aliphatic rings. The van der Waals surface area contributed by atoms with Gasteiger partial charge in [-0.2, -0.15) is 5.26 Å². The molecule has 2 saturated heterocycles. The second kappa shape index (κ2) is 9.24. The molecule has 2 aliphatic heterocycles. The zero-order valence-corrected chi connectivity index (χ0v) is 19.5. The van der Waals surface area contributed by atoms with E-state index in [0.29, 0.717) is 38.0 Å². The highest BCUT2D eigenvalue weighted by Gasteiger charge is 2.42. The van der Waals surface area contributed by atoms with Crippen molar-refractivity contribution in [3.8, 4) is 17.2 Å². The summed E-state index contributed by atoms with van der Waals surface area (Å²) in [5.74, 6) is 0.505. The van der Waals surface area contributed by atoms with Crippen LogP contribution in [0.4, 0.5) is 4.39 Å². The predicted molar refractivity (Wildman–Crippen MR) is 126 cm³/mol. The van der Waals surface area contributed by atoms with Crippen molar-refractivity contribution in [2.24, 2.45) is 5.41 Å². The van der Waals surface area contributed by atoms with Gasteiger partial charge < -0.3 is 15.4 Å². The molecule has 2 aromatic rings. The van der Waals surface area contributed by atoms with Crippen molar-refractivity contribution in [2.45, 2.75) is 51.7 Å². The van der Waals surface area contributed by atoms with E-state index in [2.05, 4.69) is 37.5 Å². The van der Waals surface area contributed by atoms with Crippen LogP contribution in [0.1, 0.15) is 51.2 Å². The van der Waals surface area contributed by atoms with Crippen LogP contribution >= 0.6 is 0 Å². The van der Waals surface area contributed by atoms with Crippen molar-refractivity contribution >= 4 is 5.91 Å². The van der Waals surface area contributed by atoms with Crippen LogP contribution < -0.4 is 10.6 Å². The fourth-order valence-corrected chi connectivity index (χ4v) is 4.75. The summed E-state index contributed by atoms with van der Waals surface area (Å²) in [4.78, 5) is 13.4. The Morgan fingerprint density at radius 1 is 1.21 bits per heavy atom. The second-order valence-electron chi connectivity index (χ2n) is 10.1. The molecule has 1 unspecified atom stereocenters. The third kappa shape index (κ3) is 4.95. The van der Waals surface area contributed by atoms with Crippen molar-refractivity contribution in [2.75, 3.05) is 19.7 Å². The summed E-state index contributed by atoms with van der Waals surface area (Å²) in [6, 6.07) is 14.2. The van der Waals surface area contributed by atoms with Gasteiger partial charge in [0, 0.05) is 13.2 Å². The molecule has 2 fully saturated rings. The molecule has 2 N–H and O–H groups in total. The lowest BCUT2D eigenvalue weighted by Crippen LogP contribution is -2.51. The maximum atomic E-state index is 13.4. The monoisotopic (exact) mass is 448 g/mol. The van der Waals surface area contributed by atoms with E-state index < -0.39 is 5.54 Å². The molecule has 2 heterocycles. The Morgan fingerprint density at radius 2 is 1.94 bits per heavy atom. The van der Waals surface area contributed by atoms with E-state index in [1.807, 2.05) is 18.2 Å². The van der Waals surface area contributed by atoms with Crippen LogP contribution in [0, 0.1) is 28.5 Å². The zero-order chi connectivity index (χ0) is 23.6. The Kier molecular flexibility index (Phi) is 6.56. The molecule has 1 amide bonds. The van der Waals surface area contributed by atoms with Crippen molar-refractivity contribution in [1.29, 1.82) is 5.26 Å². The van der Waals surface area contributed by atoms with Gasteiger partial charge in [0.15, 0.2) is 0 Å². The number of amides is 1. The van der Waals surface area contributed by atoms with Crippen molar-refractivity contribution in [3.63, 3.8) is 0 Å². The Hall–Kier alpha value is -2.75. The van der Waals surface area contributed by atoms with Gasteiger partial charge in [0.1, 0.15) is 5.82 Å². The van der Waals surface area contributed by atoms with Crippen molar-refractivity contribution < 1.29 is 13.9 Å². The molecule has 173 valence electrons. The minimum atomic E-state index is -0.647. The SMILES string of the molecule is CC(C)(C)C1C[C](C(=O)N[C@]2(c3ccc(-c4ccc(F)cc4)cc3C#N)CCNC2)CCO1. The molecule has 0 aliphatic carbocycles. The van der Waals surface area contributed by atoms with Crippen LogP contribution in [-0.2, 0) is 15.1 Å². The standard InChI is InChI=1S/C27H31FN3O2/c1-26(2,3)24-15-20(10-13-33-24)25(32)31-27(11-12-30-17-27)23-9-6-19(14-21(23)16-29)18-4-7-22(28)8-5-18/h4-9,14,24,30H,10-13,15,17H2,1-3H3,(H,31,32)/t24?,27-/m1/s1. The number of ether oxygens (including phenoxy) is 1. The first kappa shape index (κ1) is 23.4. The van der Waals surface area contributed by atoms with Gasteiger partial charge in [0.25, 0.3) is 0 Å². The number of nitrogens with zero attached hydrogens (tertiary/aromatic N) is 1. The molecule has 0 bridgehead atoms. The van der Waals surface area contributed by atoms with Crippen LogP contribution in [0.2, 0.25) is 0 Å². The van der Waals surface area contributed by atoms with Gasteiger partial charge in [0.05, 0.1) is 29.2 Å². The summed E-state index contributed by atoms with van der Waals surface area (Å²) >= 11 is 0. The number of halogens is 1.